The van der Waals surface area contributed by atoms with Gasteiger partial charge in [-0.2, -0.15) is 0 Å². The van der Waals surface area contributed by atoms with E-state index >= 15 is 0 Å². The first kappa shape index (κ1) is 24.1. The Morgan fingerprint density at radius 3 is 2.45 bits per heavy atom. The molecule has 4 rings (SSSR count). The van der Waals surface area contributed by atoms with Crippen LogP contribution in [0.5, 0.6) is 5.75 Å². The van der Waals surface area contributed by atoms with Gasteiger partial charge in [-0.05, 0) is 76.4 Å². The second kappa shape index (κ2) is 12.5. The molecule has 0 N–H and O–H groups in total. The van der Waals surface area contributed by atoms with Crippen molar-refractivity contribution in [2.45, 2.75) is 83.0 Å². The van der Waals surface area contributed by atoms with E-state index in [1.807, 2.05) is 18.2 Å². The van der Waals surface area contributed by atoms with Crippen LogP contribution in [0.1, 0.15) is 88.7 Å². The quantitative estimate of drug-likeness (QED) is 0.401. The van der Waals surface area contributed by atoms with Gasteiger partial charge in [0.05, 0.1) is 12.0 Å². The zero-order valence-electron chi connectivity index (χ0n) is 18.8. The molecule has 2 aromatic rings. The summed E-state index contributed by atoms with van der Waals surface area (Å²) < 4.78 is 12.0. The minimum absolute atomic E-state index is 0. The van der Waals surface area contributed by atoms with Crippen LogP contribution in [0.15, 0.2) is 33.5 Å². The van der Waals surface area contributed by atoms with Crippen molar-refractivity contribution in [3.63, 3.8) is 0 Å². The summed E-state index contributed by atoms with van der Waals surface area (Å²) in [6.07, 6.45) is 15.0. The number of nitrogens with zero attached hydrogens (tertiary/aromatic N) is 1. The first-order valence-electron chi connectivity index (χ1n) is 12.2. The summed E-state index contributed by atoms with van der Waals surface area (Å²) in [4.78, 5) is 15.3. The van der Waals surface area contributed by atoms with Crippen LogP contribution >= 0.6 is 12.4 Å². The van der Waals surface area contributed by atoms with Gasteiger partial charge in [0, 0.05) is 12.0 Å². The number of fused-ring (bicyclic) bond motifs is 1. The number of halogens is 1. The van der Waals surface area contributed by atoms with Crippen LogP contribution in [-0.4, -0.2) is 31.1 Å². The zero-order valence-corrected chi connectivity index (χ0v) is 19.6. The molecule has 4 nitrogen and oxygen atoms in total. The fourth-order valence-electron chi connectivity index (χ4n) is 5.00. The molecular formula is C26H38ClNO3. The Morgan fingerprint density at radius 1 is 0.903 bits per heavy atom. The monoisotopic (exact) mass is 447 g/mol. The number of hydrogen-bond acceptors (Lipinski definition) is 4. The van der Waals surface area contributed by atoms with E-state index < -0.39 is 0 Å². The van der Waals surface area contributed by atoms with Gasteiger partial charge in [-0.1, -0.05) is 38.5 Å². The fourth-order valence-corrected chi connectivity index (χ4v) is 5.00. The Morgan fingerprint density at radius 2 is 1.65 bits per heavy atom. The molecule has 1 aliphatic carbocycles. The number of hydrogen-bond donors (Lipinski definition) is 0. The minimum atomic E-state index is 0. The van der Waals surface area contributed by atoms with Crippen molar-refractivity contribution < 1.29 is 9.15 Å². The van der Waals surface area contributed by atoms with Gasteiger partial charge in [-0.15, -0.1) is 12.4 Å². The van der Waals surface area contributed by atoms with Gasteiger partial charge in [0.2, 0.25) is 0 Å². The minimum Gasteiger partial charge on any atom is -0.494 e. The van der Waals surface area contributed by atoms with Gasteiger partial charge >= 0.3 is 0 Å². The van der Waals surface area contributed by atoms with Crippen molar-refractivity contribution in [3.8, 4) is 5.75 Å². The molecule has 1 saturated carbocycles. The van der Waals surface area contributed by atoms with Crippen LogP contribution in [0.2, 0.25) is 0 Å². The summed E-state index contributed by atoms with van der Waals surface area (Å²) in [6.45, 7) is 4.55. The van der Waals surface area contributed by atoms with E-state index in [2.05, 4.69) is 4.90 Å². The Balaban J connectivity index is 0.00000272. The van der Waals surface area contributed by atoms with Gasteiger partial charge < -0.3 is 14.1 Å². The fraction of sp³-hybridized carbons (Fsp3) is 0.654. The lowest BCUT2D eigenvalue weighted by atomic mass is 9.87. The van der Waals surface area contributed by atoms with Crippen LogP contribution in [0.25, 0.3) is 11.0 Å². The number of rotatable bonds is 9. The molecule has 172 valence electrons. The standard InChI is InChI=1S/C26H37NO3.ClH/c28-24-20-26(21-11-5-3-6-12-21)30-25-14-13-22(19-23(24)25)29-18-10-2-1-7-15-27-16-8-4-9-17-27;/h13-14,19-21H,1-12,15-18H2;1H. The maximum absolute atomic E-state index is 12.7. The molecule has 0 spiro atoms. The van der Waals surface area contributed by atoms with E-state index in [4.69, 9.17) is 9.15 Å². The van der Waals surface area contributed by atoms with Crippen LogP contribution < -0.4 is 10.2 Å². The normalized spacial score (nSPS) is 18.1. The summed E-state index contributed by atoms with van der Waals surface area (Å²) in [7, 11) is 0. The molecule has 2 heterocycles. The van der Waals surface area contributed by atoms with E-state index in [1.165, 1.54) is 77.4 Å². The molecule has 0 atom stereocenters. The molecule has 5 heteroatoms. The first-order valence-corrected chi connectivity index (χ1v) is 12.2. The Hall–Kier alpha value is -1.52. The number of piperidine rings is 1. The molecule has 1 aromatic heterocycles. The maximum Gasteiger partial charge on any atom is 0.193 e. The largest absolute Gasteiger partial charge is 0.494 e. The third kappa shape index (κ3) is 6.98. The summed E-state index contributed by atoms with van der Waals surface area (Å²) in [5, 5.41) is 0.633. The lowest BCUT2D eigenvalue weighted by Gasteiger charge is -2.26. The van der Waals surface area contributed by atoms with Crippen molar-refractivity contribution in [2.75, 3.05) is 26.2 Å². The summed E-state index contributed by atoms with van der Waals surface area (Å²) in [5.74, 6) is 2.04. The van der Waals surface area contributed by atoms with Crippen molar-refractivity contribution >= 4 is 23.4 Å². The van der Waals surface area contributed by atoms with E-state index in [9.17, 15) is 4.79 Å². The molecule has 1 aromatic carbocycles. The van der Waals surface area contributed by atoms with Crippen molar-refractivity contribution in [1.29, 1.82) is 0 Å². The van der Waals surface area contributed by atoms with E-state index in [1.54, 1.807) is 6.07 Å². The highest BCUT2D eigenvalue weighted by Gasteiger charge is 2.19. The average Bonchev–Trinajstić information content (AvgIpc) is 2.80. The molecule has 2 fully saturated rings. The number of likely N-dealkylation sites (tertiary alicyclic amines) is 1. The average molecular weight is 448 g/mol. The second-order valence-corrected chi connectivity index (χ2v) is 9.17. The van der Waals surface area contributed by atoms with Gasteiger partial charge in [0.25, 0.3) is 0 Å². The molecule has 0 unspecified atom stereocenters. The highest BCUT2D eigenvalue weighted by Crippen LogP contribution is 2.33. The van der Waals surface area contributed by atoms with E-state index in [0.717, 1.165) is 30.8 Å². The van der Waals surface area contributed by atoms with E-state index in [-0.39, 0.29) is 17.8 Å². The Labute approximate surface area is 192 Å². The predicted octanol–water partition coefficient (Wildman–Crippen LogP) is 6.69. The molecule has 0 amide bonds. The third-order valence-corrected chi connectivity index (χ3v) is 6.81. The zero-order chi connectivity index (χ0) is 20.6. The Kier molecular flexibility index (Phi) is 9.73. The maximum atomic E-state index is 12.7. The lowest BCUT2D eigenvalue weighted by Crippen LogP contribution is -2.30. The smallest absolute Gasteiger partial charge is 0.193 e. The lowest BCUT2D eigenvalue weighted by molar-refractivity contribution is 0.223. The molecular weight excluding hydrogens is 410 g/mol. The highest BCUT2D eigenvalue weighted by atomic mass is 35.5. The molecule has 2 aliphatic rings. The van der Waals surface area contributed by atoms with Crippen molar-refractivity contribution in [2.24, 2.45) is 0 Å². The van der Waals surface area contributed by atoms with Gasteiger partial charge in [0.1, 0.15) is 17.1 Å². The molecule has 0 bridgehead atoms. The number of unbranched alkanes of at least 4 members (excludes halogenated alkanes) is 3. The second-order valence-electron chi connectivity index (χ2n) is 9.17. The van der Waals surface area contributed by atoms with Gasteiger partial charge in [-0.3, -0.25) is 4.79 Å². The summed E-state index contributed by atoms with van der Waals surface area (Å²) in [6, 6.07) is 7.40. The highest BCUT2D eigenvalue weighted by molar-refractivity contribution is 5.85. The van der Waals surface area contributed by atoms with Crippen molar-refractivity contribution in [1.82, 2.24) is 4.90 Å². The van der Waals surface area contributed by atoms with E-state index in [0.29, 0.717) is 23.5 Å². The topological polar surface area (TPSA) is 42.7 Å². The van der Waals surface area contributed by atoms with Crippen molar-refractivity contribution in [3.05, 3.63) is 40.2 Å². The third-order valence-electron chi connectivity index (χ3n) is 6.81. The van der Waals surface area contributed by atoms with Gasteiger partial charge in [0.15, 0.2) is 5.43 Å². The Bertz CT molecular complexity index is 853. The SMILES string of the molecule is Cl.O=c1cc(C2CCCCC2)oc2ccc(OCCCCCCN3CCCCC3)cc12. The van der Waals surface area contributed by atoms with Crippen LogP contribution in [-0.2, 0) is 0 Å². The summed E-state index contributed by atoms with van der Waals surface area (Å²) in [5.41, 5.74) is 0.744. The number of ether oxygens (including phenoxy) is 1. The predicted molar refractivity (Wildman–Crippen MR) is 130 cm³/mol. The molecule has 1 saturated heterocycles. The first-order chi connectivity index (χ1) is 14.8. The number of benzene rings is 1. The summed E-state index contributed by atoms with van der Waals surface area (Å²) >= 11 is 0. The van der Waals surface area contributed by atoms with Crippen LogP contribution in [0, 0.1) is 0 Å². The molecule has 31 heavy (non-hydrogen) atoms. The molecule has 1 aliphatic heterocycles. The van der Waals surface area contributed by atoms with Crippen LogP contribution in [0.3, 0.4) is 0 Å². The molecule has 0 radical (unpaired) electrons. The van der Waals surface area contributed by atoms with Gasteiger partial charge in [-0.25, -0.2) is 0 Å². The van der Waals surface area contributed by atoms with Crippen LogP contribution in [0.4, 0.5) is 0 Å².